The Morgan fingerprint density at radius 3 is 2.60 bits per heavy atom. The van der Waals surface area contributed by atoms with Gasteiger partial charge < -0.3 is 10.4 Å². The first-order valence-corrected chi connectivity index (χ1v) is 6.38. The molecule has 1 atom stereocenters. The van der Waals surface area contributed by atoms with Crippen molar-refractivity contribution in [3.8, 4) is 0 Å². The zero-order valence-corrected chi connectivity index (χ0v) is 10.9. The molecule has 0 fully saturated rings. The fraction of sp³-hybridized carbons (Fsp3) is 0.200. The Hall–Kier alpha value is -2.40. The van der Waals surface area contributed by atoms with Crippen molar-refractivity contribution in [2.24, 2.45) is 0 Å². The highest BCUT2D eigenvalue weighted by atomic mass is 16.6. The molecule has 0 aliphatic heterocycles. The van der Waals surface area contributed by atoms with Gasteiger partial charge in [0.2, 0.25) is 0 Å². The van der Waals surface area contributed by atoms with E-state index in [9.17, 15) is 15.2 Å². The standard InChI is InChI=1S/C15H16N2O3/c18-15(12-5-2-1-3-6-12)9-10-16-13-7-4-8-14(11-13)17(19)20/h1-8,11,15-16,18H,9-10H2/t15-/m1/s1. The van der Waals surface area contributed by atoms with Crippen molar-refractivity contribution in [3.63, 3.8) is 0 Å². The molecule has 0 spiro atoms. The molecular formula is C15H16N2O3. The zero-order chi connectivity index (χ0) is 14.4. The van der Waals surface area contributed by atoms with E-state index in [1.165, 1.54) is 12.1 Å². The molecule has 2 aromatic rings. The molecule has 5 nitrogen and oxygen atoms in total. The van der Waals surface area contributed by atoms with Crippen molar-refractivity contribution in [1.82, 2.24) is 0 Å². The summed E-state index contributed by atoms with van der Waals surface area (Å²) in [5, 5.41) is 23.7. The highest BCUT2D eigenvalue weighted by Gasteiger charge is 2.08. The average molecular weight is 272 g/mol. The highest BCUT2D eigenvalue weighted by Crippen LogP contribution is 2.19. The van der Waals surface area contributed by atoms with Gasteiger partial charge in [0.1, 0.15) is 0 Å². The molecule has 2 N–H and O–H groups in total. The molecule has 0 heterocycles. The minimum absolute atomic E-state index is 0.0543. The normalized spacial score (nSPS) is 11.8. The van der Waals surface area contributed by atoms with E-state index in [1.54, 1.807) is 12.1 Å². The number of non-ortho nitro benzene ring substituents is 1. The van der Waals surface area contributed by atoms with Crippen LogP contribution in [0.1, 0.15) is 18.1 Å². The minimum Gasteiger partial charge on any atom is -0.388 e. The van der Waals surface area contributed by atoms with Crippen LogP contribution in [-0.4, -0.2) is 16.6 Å². The fourth-order valence-corrected chi connectivity index (χ4v) is 1.92. The molecule has 2 rings (SSSR count). The van der Waals surface area contributed by atoms with Gasteiger partial charge in [-0.05, 0) is 18.1 Å². The topological polar surface area (TPSA) is 75.4 Å². The number of benzene rings is 2. The second-order valence-corrected chi connectivity index (χ2v) is 4.45. The van der Waals surface area contributed by atoms with Crippen molar-refractivity contribution < 1.29 is 10.0 Å². The summed E-state index contributed by atoms with van der Waals surface area (Å²) in [6.45, 7) is 0.539. The van der Waals surface area contributed by atoms with E-state index in [4.69, 9.17) is 0 Å². The SMILES string of the molecule is O=[N+]([O-])c1cccc(NCC[C@@H](O)c2ccccc2)c1. The van der Waals surface area contributed by atoms with E-state index in [0.29, 0.717) is 18.7 Å². The second-order valence-electron chi connectivity index (χ2n) is 4.45. The molecule has 0 saturated carbocycles. The summed E-state index contributed by atoms with van der Waals surface area (Å²) in [7, 11) is 0. The van der Waals surface area contributed by atoms with E-state index < -0.39 is 11.0 Å². The summed E-state index contributed by atoms with van der Waals surface area (Å²) >= 11 is 0. The van der Waals surface area contributed by atoms with E-state index in [-0.39, 0.29) is 5.69 Å². The van der Waals surface area contributed by atoms with Gasteiger partial charge in [-0.1, -0.05) is 36.4 Å². The van der Waals surface area contributed by atoms with Crippen molar-refractivity contribution in [2.45, 2.75) is 12.5 Å². The van der Waals surface area contributed by atoms with Gasteiger partial charge in [-0.15, -0.1) is 0 Å². The average Bonchev–Trinajstić information content (AvgIpc) is 2.48. The molecule has 2 aromatic carbocycles. The van der Waals surface area contributed by atoms with Crippen LogP contribution >= 0.6 is 0 Å². The lowest BCUT2D eigenvalue weighted by Crippen LogP contribution is -2.07. The van der Waals surface area contributed by atoms with Crippen LogP contribution in [0.2, 0.25) is 0 Å². The van der Waals surface area contributed by atoms with Gasteiger partial charge in [-0.25, -0.2) is 0 Å². The maximum atomic E-state index is 10.7. The second kappa shape index (κ2) is 6.68. The molecule has 0 radical (unpaired) electrons. The smallest absolute Gasteiger partial charge is 0.271 e. The predicted octanol–water partition coefficient (Wildman–Crippen LogP) is 3.13. The van der Waals surface area contributed by atoms with Crippen LogP contribution in [0, 0.1) is 10.1 Å². The van der Waals surface area contributed by atoms with Crippen molar-refractivity contribution in [1.29, 1.82) is 0 Å². The van der Waals surface area contributed by atoms with Gasteiger partial charge in [0.15, 0.2) is 0 Å². The molecule has 5 heteroatoms. The third-order valence-corrected chi connectivity index (χ3v) is 2.99. The lowest BCUT2D eigenvalue weighted by Gasteiger charge is -2.12. The van der Waals surface area contributed by atoms with Crippen LogP contribution in [0.4, 0.5) is 11.4 Å². The van der Waals surface area contributed by atoms with E-state index in [0.717, 1.165) is 5.56 Å². The van der Waals surface area contributed by atoms with E-state index in [1.807, 2.05) is 30.3 Å². The van der Waals surface area contributed by atoms with Crippen molar-refractivity contribution in [2.75, 3.05) is 11.9 Å². The van der Waals surface area contributed by atoms with Crippen LogP contribution < -0.4 is 5.32 Å². The number of anilines is 1. The monoisotopic (exact) mass is 272 g/mol. The highest BCUT2D eigenvalue weighted by molar-refractivity contribution is 5.50. The summed E-state index contributed by atoms with van der Waals surface area (Å²) in [5.41, 5.74) is 1.60. The zero-order valence-electron chi connectivity index (χ0n) is 10.9. The number of rotatable bonds is 6. The fourth-order valence-electron chi connectivity index (χ4n) is 1.92. The number of nitrogens with zero attached hydrogens (tertiary/aromatic N) is 1. The lowest BCUT2D eigenvalue weighted by atomic mass is 10.1. The lowest BCUT2D eigenvalue weighted by molar-refractivity contribution is -0.384. The molecule has 0 aliphatic rings. The molecule has 104 valence electrons. The first-order valence-electron chi connectivity index (χ1n) is 6.38. The summed E-state index contributed by atoms with van der Waals surface area (Å²) in [6.07, 6.45) is -0.00502. The van der Waals surface area contributed by atoms with Crippen LogP contribution in [0.25, 0.3) is 0 Å². The maximum Gasteiger partial charge on any atom is 0.271 e. The Labute approximate surface area is 117 Å². The Morgan fingerprint density at radius 2 is 1.90 bits per heavy atom. The number of nitro groups is 1. The number of hydrogen-bond donors (Lipinski definition) is 2. The molecule has 20 heavy (non-hydrogen) atoms. The van der Waals surface area contributed by atoms with Gasteiger partial charge in [0, 0.05) is 24.4 Å². The molecule has 0 unspecified atom stereocenters. The van der Waals surface area contributed by atoms with Crippen LogP contribution in [0.15, 0.2) is 54.6 Å². The summed E-state index contributed by atoms with van der Waals surface area (Å²) in [4.78, 5) is 10.2. The van der Waals surface area contributed by atoms with Gasteiger partial charge in [0.25, 0.3) is 5.69 Å². The van der Waals surface area contributed by atoms with Crippen LogP contribution in [0.3, 0.4) is 0 Å². The van der Waals surface area contributed by atoms with Gasteiger partial charge >= 0.3 is 0 Å². The molecule has 0 aromatic heterocycles. The molecule has 0 amide bonds. The third-order valence-electron chi connectivity index (χ3n) is 2.99. The summed E-state index contributed by atoms with van der Waals surface area (Å²) in [5.74, 6) is 0. The van der Waals surface area contributed by atoms with Crippen molar-refractivity contribution in [3.05, 3.63) is 70.3 Å². The van der Waals surface area contributed by atoms with E-state index in [2.05, 4.69) is 5.32 Å². The molecule has 0 aliphatic carbocycles. The first-order chi connectivity index (χ1) is 9.66. The molecular weight excluding hydrogens is 256 g/mol. The number of nitrogens with one attached hydrogen (secondary N) is 1. The van der Waals surface area contributed by atoms with E-state index >= 15 is 0 Å². The minimum atomic E-state index is -0.539. The third kappa shape index (κ3) is 3.80. The Balaban J connectivity index is 1.87. The number of aliphatic hydroxyl groups is 1. The summed E-state index contributed by atoms with van der Waals surface area (Å²) < 4.78 is 0. The van der Waals surface area contributed by atoms with Crippen LogP contribution in [0.5, 0.6) is 0 Å². The molecule has 0 bridgehead atoms. The predicted molar refractivity (Wildman–Crippen MR) is 77.6 cm³/mol. The number of hydrogen-bond acceptors (Lipinski definition) is 4. The summed E-state index contributed by atoms with van der Waals surface area (Å²) in [6, 6.07) is 15.7. The van der Waals surface area contributed by atoms with Crippen LogP contribution in [-0.2, 0) is 0 Å². The molecule has 0 saturated heterocycles. The maximum absolute atomic E-state index is 10.7. The Bertz CT molecular complexity index is 572. The quantitative estimate of drug-likeness (QED) is 0.625. The Morgan fingerprint density at radius 1 is 1.15 bits per heavy atom. The number of aliphatic hydroxyl groups excluding tert-OH is 1. The van der Waals surface area contributed by atoms with Gasteiger partial charge in [-0.3, -0.25) is 10.1 Å². The first kappa shape index (κ1) is 14.0. The van der Waals surface area contributed by atoms with Gasteiger partial charge in [-0.2, -0.15) is 0 Å². The Kier molecular flexibility index (Phi) is 4.68. The largest absolute Gasteiger partial charge is 0.388 e. The van der Waals surface area contributed by atoms with Crippen molar-refractivity contribution >= 4 is 11.4 Å². The number of nitro benzene ring substituents is 1. The van der Waals surface area contributed by atoms with Gasteiger partial charge in [0.05, 0.1) is 11.0 Å².